The van der Waals surface area contributed by atoms with Gasteiger partial charge in [-0.3, -0.25) is 4.79 Å². The molecule has 0 aromatic heterocycles. The largest absolute Gasteiger partial charge is 0.370 e. The molecule has 3 amide bonds. The molecule has 7 heteroatoms. The number of urea groups is 1. The lowest BCUT2D eigenvalue weighted by Crippen LogP contribution is -2.52. The third-order valence-corrected chi connectivity index (χ3v) is 4.84. The Hall–Kier alpha value is -2.15. The molecule has 2 aliphatic rings. The lowest BCUT2D eigenvalue weighted by atomic mass is 10.1. The van der Waals surface area contributed by atoms with E-state index < -0.39 is 0 Å². The SMILES string of the molecule is CC(=O)N1CCC(NC(=O)N2CCO[C@@H](c3cccc(F)c3)C2)CC1. The summed E-state index contributed by atoms with van der Waals surface area (Å²) in [7, 11) is 0. The number of piperidine rings is 1. The first-order valence-electron chi connectivity index (χ1n) is 8.71. The highest BCUT2D eigenvalue weighted by Crippen LogP contribution is 2.23. The van der Waals surface area contributed by atoms with Gasteiger partial charge in [0.25, 0.3) is 0 Å². The molecule has 2 saturated heterocycles. The fourth-order valence-corrected chi connectivity index (χ4v) is 3.35. The Balaban J connectivity index is 1.53. The lowest BCUT2D eigenvalue weighted by molar-refractivity contribution is -0.129. The quantitative estimate of drug-likeness (QED) is 0.887. The Morgan fingerprint density at radius 3 is 2.64 bits per heavy atom. The molecule has 6 nitrogen and oxygen atoms in total. The molecule has 0 spiro atoms. The molecule has 2 aliphatic heterocycles. The van der Waals surface area contributed by atoms with Crippen molar-refractivity contribution in [1.82, 2.24) is 15.1 Å². The van der Waals surface area contributed by atoms with Gasteiger partial charge in [-0.15, -0.1) is 0 Å². The molecular weight excluding hydrogens is 325 g/mol. The van der Waals surface area contributed by atoms with Gasteiger partial charge >= 0.3 is 6.03 Å². The molecule has 1 atom stereocenters. The van der Waals surface area contributed by atoms with Crippen LogP contribution >= 0.6 is 0 Å². The minimum Gasteiger partial charge on any atom is -0.370 e. The molecule has 1 N–H and O–H groups in total. The maximum absolute atomic E-state index is 13.4. The van der Waals surface area contributed by atoms with E-state index in [4.69, 9.17) is 4.74 Å². The minimum atomic E-state index is -0.310. The Kier molecular flexibility index (Phi) is 5.53. The van der Waals surface area contributed by atoms with Crippen molar-refractivity contribution in [1.29, 1.82) is 0 Å². The second kappa shape index (κ2) is 7.82. The van der Waals surface area contributed by atoms with E-state index in [1.807, 2.05) is 6.07 Å². The summed E-state index contributed by atoms with van der Waals surface area (Å²) in [5, 5.41) is 3.05. The van der Waals surface area contributed by atoms with Crippen molar-refractivity contribution in [3.63, 3.8) is 0 Å². The van der Waals surface area contributed by atoms with E-state index >= 15 is 0 Å². The zero-order chi connectivity index (χ0) is 17.8. The maximum Gasteiger partial charge on any atom is 0.317 e. The highest BCUT2D eigenvalue weighted by atomic mass is 19.1. The number of benzene rings is 1. The lowest BCUT2D eigenvalue weighted by Gasteiger charge is -2.36. The van der Waals surface area contributed by atoms with E-state index in [-0.39, 0.29) is 29.9 Å². The standard InChI is InChI=1S/C18H24FN3O3/c1-13(23)21-7-5-16(6-8-21)20-18(24)22-9-10-25-17(12-22)14-3-2-4-15(19)11-14/h2-4,11,16-17H,5-10,12H2,1H3,(H,20,24)/t17-/m1/s1. The van der Waals surface area contributed by atoms with Gasteiger partial charge in [-0.2, -0.15) is 0 Å². The van der Waals surface area contributed by atoms with Crippen molar-refractivity contribution in [3.05, 3.63) is 35.6 Å². The van der Waals surface area contributed by atoms with E-state index in [1.165, 1.54) is 12.1 Å². The van der Waals surface area contributed by atoms with Gasteiger partial charge in [0, 0.05) is 32.6 Å². The van der Waals surface area contributed by atoms with Crippen LogP contribution in [-0.4, -0.2) is 60.6 Å². The summed E-state index contributed by atoms with van der Waals surface area (Å²) in [5.41, 5.74) is 0.743. The maximum atomic E-state index is 13.4. The van der Waals surface area contributed by atoms with Gasteiger partial charge in [-0.05, 0) is 30.5 Å². The fourth-order valence-electron chi connectivity index (χ4n) is 3.35. The second-order valence-electron chi connectivity index (χ2n) is 6.59. The molecule has 1 aromatic rings. The van der Waals surface area contributed by atoms with Crippen LogP contribution in [0.25, 0.3) is 0 Å². The first-order chi connectivity index (χ1) is 12.0. The molecule has 0 saturated carbocycles. The van der Waals surface area contributed by atoms with Gasteiger partial charge in [0.2, 0.25) is 5.91 Å². The first kappa shape index (κ1) is 17.7. The number of morpholine rings is 1. The average Bonchev–Trinajstić information content (AvgIpc) is 2.62. The van der Waals surface area contributed by atoms with E-state index in [2.05, 4.69) is 5.32 Å². The van der Waals surface area contributed by atoms with Crippen molar-refractivity contribution >= 4 is 11.9 Å². The third-order valence-electron chi connectivity index (χ3n) is 4.84. The average molecular weight is 349 g/mol. The number of hydrogen-bond acceptors (Lipinski definition) is 3. The molecule has 0 aliphatic carbocycles. The smallest absolute Gasteiger partial charge is 0.317 e. The van der Waals surface area contributed by atoms with Crippen LogP contribution in [0, 0.1) is 5.82 Å². The van der Waals surface area contributed by atoms with Gasteiger partial charge in [0.1, 0.15) is 11.9 Å². The van der Waals surface area contributed by atoms with Gasteiger partial charge < -0.3 is 19.9 Å². The molecule has 0 unspecified atom stereocenters. The normalized spacial score (nSPS) is 21.9. The number of carbonyl (C=O) groups excluding carboxylic acids is 2. The molecular formula is C18H24FN3O3. The molecule has 2 heterocycles. The van der Waals surface area contributed by atoms with Gasteiger partial charge in [0.05, 0.1) is 13.2 Å². The van der Waals surface area contributed by atoms with Crippen molar-refractivity contribution in [3.8, 4) is 0 Å². The molecule has 136 valence electrons. The summed E-state index contributed by atoms with van der Waals surface area (Å²) in [5.74, 6) is -0.226. The number of hydrogen-bond donors (Lipinski definition) is 1. The topological polar surface area (TPSA) is 61.9 Å². The van der Waals surface area contributed by atoms with Crippen LogP contribution in [0.5, 0.6) is 0 Å². The summed E-state index contributed by atoms with van der Waals surface area (Å²) >= 11 is 0. The van der Waals surface area contributed by atoms with E-state index in [0.29, 0.717) is 32.8 Å². The number of ether oxygens (including phenoxy) is 1. The monoisotopic (exact) mass is 349 g/mol. The molecule has 25 heavy (non-hydrogen) atoms. The summed E-state index contributed by atoms with van der Waals surface area (Å²) in [6.07, 6.45) is 1.22. The number of carbonyl (C=O) groups is 2. The van der Waals surface area contributed by atoms with Crippen molar-refractivity contribution < 1.29 is 18.7 Å². The molecule has 3 rings (SSSR count). The van der Waals surface area contributed by atoms with Crippen molar-refractivity contribution in [2.45, 2.75) is 31.9 Å². The fraction of sp³-hybridized carbons (Fsp3) is 0.556. The Morgan fingerprint density at radius 1 is 1.20 bits per heavy atom. The van der Waals surface area contributed by atoms with Crippen LogP contribution < -0.4 is 5.32 Å². The van der Waals surface area contributed by atoms with Crippen LogP contribution in [0.1, 0.15) is 31.4 Å². The third kappa shape index (κ3) is 4.48. The highest BCUT2D eigenvalue weighted by Gasteiger charge is 2.28. The van der Waals surface area contributed by atoms with Crippen molar-refractivity contribution in [2.75, 3.05) is 32.8 Å². The summed E-state index contributed by atoms with van der Waals surface area (Å²) in [6.45, 7) is 4.27. The van der Waals surface area contributed by atoms with Gasteiger partial charge in [-0.1, -0.05) is 12.1 Å². The minimum absolute atomic E-state index is 0.0795. The van der Waals surface area contributed by atoms with Crippen LogP contribution in [-0.2, 0) is 9.53 Å². The Morgan fingerprint density at radius 2 is 1.96 bits per heavy atom. The number of halogens is 1. The predicted molar refractivity (Wildman–Crippen MR) is 90.5 cm³/mol. The zero-order valence-corrected chi connectivity index (χ0v) is 14.4. The first-order valence-corrected chi connectivity index (χ1v) is 8.71. The van der Waals surface area contributed by atoms with Crippen molar-refractivity contribution in [2.24, 2.45) is 0 Å². The molecule has 0 radical (unpaired) electrons. The number of amides is 3. The number of rotatable bonds is 2. The van der Waals surface area contributed by atoms with E-state index in [9.17, 15) is 14.0 Å². The highest BCUT2D eigenvalue weighted by molar-refractivity contribution is 5.75. The number of nitrogens with one attached hydrogen (secondary N) is 1. The summed E-state index contributed by atoms with van der Waals surface area (Å²) < 4.78 is 19.1. The Labute approximate surface area is 146 Å². The number of likely N-dealkylation sites (tertiary alicyclic amines) is 1. The van der Waals surface area contributed by atoms with Crippen LogP contribution in [0.3, 0.4) is 0 Å². The molecule has 1 aromatic carbocycles. The zero-order valence-electron chi connectivity index (χ0n) is 14.4. The van der Waals surface area contributed by atoms with E-state index in [1.54, 1.807) is 22.8 Å². The van der Waals surface area contributed by atoms with Gasteiger partial charge in [-0.25, -0.2) is 9.18 Å². The van der Waals surface area contributed by atoms with E-state index in [0.717, 1.165) is 18.4 Å². The molecule has 0 bridgehead atoms. The van der Waals surface area contributed by atoms with Crippen LogP contribution in [0.4, 0.5) is 9.18 Å². The van der Waals surface area contributed by atoms with Crippen LogP contribution in [0.2, 0.25) is 0 Å². The second-order valence-corrected chi connectivity index (χ2v) is 6.59. The predicted octanol–water partition coefficient (Wildman–Crippen LogP) is 1.92. The summed E-state index contributed by atoms with van der Waals surface area (Å²) in [4.78, 5) is 27.4. The number of nitrogens with zero attached hydrogens (tertiary/aromatic N) is 2. The summed E-state index contributed by atoms with van der Waals surface area (Å²) in [6, 6.07) is 6.26. The van der Waals surface area contributed by atoms with Gasteiger partial charge in [0.15, 0.2) is 0 Å². The molecule has 2 fully saturated rings. The van der Waals surface area contributed by atoms with Crippen LogP contribution in [0.15, 0.2) is 24.3 Å². The Bertz CT molecular complexity index is 632.